The molecule has 3 N–H and O–H groups in total. The lowest BCUT2D eigenvalue weighted by molar-refractivity contribution is -0.147. The number of nitrogens with zero attached hydrogens (tertiary/aromatic N) is 1. The molecule has 0 aromatic heterocycles. The van der Waals surface area contributed by atoms with Gasteiger partial charge in [-0.2, -0.15) is 0 Å². The molecule has 0 saturated heterocycles. The molecule has 0 aromatic rings. The maximum absolute atomic E-state index is 10.8. The average molecular weight is 160 g/mol. The van der Waals surface area contributed by atoms with Gasteiger partial charge in [0.25, 0.3) is 0 Å². The molecular formula is C6H12N2O3. The molecule has 0 spiro atoms. The van der Waals surface area contributed by atoms with E-state index in [0.717, 1.165) is 4.90 Å². The van der Waals surface area contributed by atoms with E-state index in [0.29, 0.717) is 0 Å². The second-order valence-corrected chi connectivity index (χ2v) is 2.22. The molecule has 0 heterocycles. The third kappa shape index (κ3) is 2.55. The number of rotatable bonds is 3. The van der Waals surface area contributed by atoms with Crippen molar-refractivity contribution in [1.29, 1.82) is 0 Å². The Morgan fingerprint density at radius 2 is 2.09 bits per heavy atom. The predicted molar refractivity (Wildman–Crippen MR) is 38.9 cm³/mol. The van der Waals surface area contributed by atoms with Crippen LogP contribution in [0, 0.1) is 0 Å². The Morgan fingerprint density at radius 3 is 2.36 bits per heavy atom. The Bertz CT molecular complexity index is 169. The molecule has 0 saturated carbocycles. The van der Waals surface area contributed by atoms with E-state index in [1.807, 2.05) is 0 Å². The molecular weight excluding hydrogens is 148 g/mol. The van der Waals surface area contributed by atoms with Gasteiger partial charge in [0.15, 0.2) is 0 Å². The van der Waals surface area contributed by atoms with Crippen LogP contribution in [0.5, 0.6) is 0 Å². The zero-order chi connectivity index (χ0) is 9.02. The highest BCUT2D eigenvalue weighted by atomic mass is 16.4. The molecule has 0 fully saturated rings. The first-order chi connectivity index (χ1) is 5.00. The van der Waals surface area contributed by atoms with Crippen molar-refractivity contribution in [2.75, 3.05) is 13.6 Å². The maximum atomic E-state index is 10.8. The van der Waals surface area contributed by atoms with Crippen LogP contribution in [0.2, 0.25) is 0 Å². The molecule has 0 aromatic carbocycles. The highest BCUT2D eigenvalue weighted by Gasteiger charge is 2.19. The highest BCUT2D eigenvalue weighted by Crippen LogP contribution is 1.94. The summed E-state index contributed by atoms with van der Waals surface area (Å²) in [7, 11) is 1.41. The van der Waals surface area contributed by atoms with Crippen LogP contribution < -0.4 is 5.73 Å². The van der Waals surface area contributed by atoms with E-state index < -0.39 is 12.0 Å². The zero-order valence-corrected chi connectivity index (χ0v) is 6.57. The molecule has 0 radical (unpaired) electrons. The lowest BCUT2D eigenvalue weighted by Gasteiger charge is -2.20. The van der Waals surface area contributed by atoms with Crippen molar-refractivity contribution >= 4 is 11.9 Å². The van der Waals surface area contributed by atoms with E-state index >= 15 is 0 Å². The SMILES string of the molecule is CC(C(=O)O)N(C)C(=O)CN. The van der Waals surface area contributed by atoms with Gasteiger partial charge in [0.1, 0.15) is 6.04 Å². The molecule has 5 nitrogen and oxygen atoms in total. The van der Waals surface area contributed by atoms with Gasteiger partial charge in [-0.05, 0) is 6.92 Å². The van der Waals surface area contributed by atoms with Crippen LogP contribution >= 0.6 is 0 Å². The summed E-state index contributed by atoms with van der Waals surface area (Å²) in [5.74, 6) is -1.41. The van der Waals surface area contributed by atoms with Crippen LogP contribution in [0.1, 0.15) is 6.92 Å². The smallest absolute Gasteiger partial charge is 0.326 e. The van der Waals surface area contributed by atoms with Crippen LogP contribution in [-0.2, 0) is 9.59 Å². The number of carbonyl (C=O) groups excluding carboxylic acids is 1. The standard InChI is InChI=1S/C6H12N2O3/c1-4(6(10)11)8(2)5(9)3-7/h4H,3,7H2,1-2H3,(H,10,11). The first-order valence-corrected chi connectivity index (χ1v) is 3.19. The molecule has 1 atom stereocenters. The van der Waals surface area contributed by atoms with Crippen LogP contribution in [-0.4, -0.2) is 41.5 Å². The van der Waals surface area contributed by atoms with Crippen LogP contribution in [0.15, 0.2) is 0 Å². The second-order valence-electron chi connectivity index (χ2n) is 2.22. The van der Waals surface area contributed by atoms with Crippen molar-refractivity contribution in [1.82, 2.24) is 4.90 Å². The van der Waals surface area contributed by atoms with Gasteiger partial charge in [-0.15, -0.1) is 0 Å². The summed E-state index contributed by atoms with van der Waals surface area (Å²) in [6, 6.07) is -0.814. The van der Waals surface area contributed by atoms with Gasteiger partial charge in [-0.3, -0.25) is 4.79 Å². The minimum absolute atomic E-state index is 0.159. The topological polar surface area (TPSA) is 83.6 Å². The number of nitrogens with two attached hydrogens (primary N) is 1. The summed E-state index contributed by atoms with van der Waals surface area (Å²) in [4.78, 5) is 22.2. The summed E-state index contributed by atoms with van der Waals surface area (Å²) in [6.07, 6.45) is 0. The molecule has 0 aliphatic rings. The van der Waals surface area contributed by atoms with Gasteiger partial charge < -0.3 is 15.7 Å². The zero-order valence-electron chi connectivity index (χ0n) is 6.57. The van der Waals surface area contributed by atoms with Crippen molar-refractivity contribution < 1.29 is 14.7 Å². The van der Waals surface area contributed by atoms with Crippen molar-refractivity contribution in [2.24, 2.45) is 5.73 Å². The normalized spacial score (nSPS) is 12.3. The highest BCUT2D eigenvalue weighted by molar-refractivity contribution is 5.84. The molecule has 64 valence electrons. The quantitative estimate of drug-likeness (QED) is 0.547. The van der Waals surface area contributed by atoms with Crippen molar-refractivity contribution in [3.05, 3.63) is 0 Å². The van der Waals surface area contributed by atoms with Gasteiger partial charge in [0.2, 0.25) is 5.91 Å². The number of carboxylic acid groups (broad SMARTS) is 1. The van der Waals surface area contributed by atoms with Crippen LogP contribution in [0.25, 0.3) is 0 Å². The van der Waals surface area contributed by atoms with E-state index in [-0.39, 0.29) is 12.5 Å². The first kappa shape index (κ1) is 9.90. The monoisotopic (exact) mass is 160 g/mol. The Balaban J connectivity index is 4.12. The summed E-state index contributed by atoms with van der Waals surface area (Å²) >= 11 is 0. The Hall–Kier alpha value is -1.10. The number of aliphatic carboxylic acids is 1. The number of amides is 1. The third-order valence-electron chi connectivity index (χ3n) is 1.51. The van der Waals surface area contributed by atoms with Gasteiger partial charge in [0, 0.05) is 7.05 Å². The van der Waals surface area contributed by atoms with Crippen molar-refractivity contribution in [3.8, 4) is 0 Å². The van der Waals surface area contributed by atoms with Crippen molar-refractivity contribution in [2.45, 2.75) is 13.0 Å². The van der Waals surface area contributed by atoms with Gasteiger partial charge in [-0.25, -0.2) is 4.79 Å². The third-order valence-corrected chi connectivity index (χ3v) is 1.51. The van der Waals surface area contributed by atoms with Gasteiger partial charge in [0.05, 0.1) is 6.54 Å². The number of hydrogen-bond acceptors (Lipinski definition) is 3. The van der Waals surface area contributed by atoms with E-state index in [2.05, 4.69) is 0 Å². The molecule has 0 aliphatic heterocycles. The summed E-state index contributed by atoms with van der Waals surface area (Å²) in [5.41, 5.74) is 5.03. The van der Waals surface area contributed by atoms with Crippen molar-refractivity contribution in [3.63, 3.8) is 0 Å². The largest absolute Gasteiger partial charge is 0.480 e. The summed E-state index contributed by atoms with van der Waals surface area (Å²) < 4.78 is 0. The lowest BCUT2D eigenvalue weighted by Crippen LogP contribution is -2.43. The van der Waals surface area contributed by atoms with E-state index in [1.54, 1.807) is 0 Å². The molecule has 0 rings (SSSR count). The Labute approximate surface area is 64.8 Å². The Morgan fingerprint density at radius 1 is 1.64 bits per heavy atom. The maximum Gasteiger partial charge on any atom is 0.326 e. The summed E-state index contributed by atoms with van der Waals surface area (Å²) in [5, 5.41) is 8.46. The number of hydrogen-bond donors (Lipinski definition) is 2. The van der Waals surface area contributed by atoms with E-state index in [9.17, 15) is 9.59 Å². The number of likely N-dealkylation sites (N-methyl/N-ethyl adjacent to an activating group) is 1. The van der Waals surface area contributed by atoms with Gasteiger partial charge in [-0.1, -0.05) is 0 Å². The average Bonchev–Trinajstić information content (AvgIpc) is 2.00. The summed E-state index contributed by atoms with van der Waals surface area (Å²) in [6.45, 7) is 1.27. The van der Waals surface area contributed by atoms with E-state index in [1.165, 1.54) is 14.0 Å². The molecule has 11 heavy (non-hydrogen) atoms. The lowest BCUT2D eigenvalue weighted by atomic mass is 10.3. The predicted octanol–water partition coefficient (Wildman–Crippen LogP) is -1.12. The minimum atomic E-state index is -1.03. The van der Waals surface area contributed by atoms with Crippen LogP contribution in [0.3, 0.4) is 0 Å². The molecule has 5 heteroatoms. The molecule has 0 bridgehead atoms. The molecule has 1 unspecified atom stereocenters. The van der Waals surface area contributed by atoms with Crippen LogP contribution in [0.4, 0.5) is 0 Å². The molecule has 1 amide bonds. The fourth-order valence-electron chi connectivity index (χ4n) is 0.526. The number of carboxylic acids is 1. The Kier molecular flexibility index (Phi) is 3.53. The fraction of sp³-hybridized carbons (Fsp3) is 0.667. The van der Waals surface area contributed by atoms with Gasteiger partial charge >= 0.3 is 5.97 Å². The minimum Gasteiger partial charge on any atom is -0.480 e. The first-order valence-electron chi connectivity index (χ1n) is 3.19. The molecule has 0 aliphatic carbocycles. The second kappa shape index (κ2) is 3.92. The van der Waals surface area contributed by atoms with E-state index in [4.69, 9.17) is 10.8 Å². The number of carbonyl (C=O) groups is 2. The fourth-order valence-corrected chi connectivity index (χ4v) is 0.526.